The van der Waals surface area contributed by atoms with Crippen molar-refractivity contribution in [3.63, 3.8) is 0 Å². The molecule has 4 aromatic rings. The molecule has 3 aromatic heterocycles. The summed E-state index contributed by atoms with van der Waals surface area (Å²) in [7, 11) is 1.74. The molecule has 4 rings (SSSR count). The summed E-state index contributed by atoms with van der Waals surface area (Å²) < 4.78 is 5.80. The van der Waals surface area contributed by atoms with Crippen molar-refractivity contribution in [3.8, 4) is 22.9 Å². The SMILES string of the molecule is CCOc1cc(C(=O)N(C)Cc2cncc3cn[nH]c23)ccc1-c1cncc(C#N)c1. The van der Waals surface area contributed by atoms with Crippen molar-refractivity contribution in [2.45, 2.75) is 13.5 Å². The van der Waals surface area contributed by atoms with Crippen LogP contribution in [-0.2, 0) is 6.54 Å². The molecule has 31 heavy (non-hydrogen) atoms. The van der Waals surface area contributed by atoms with E-state index in [1.165, 1.54) is 6.20 Å². The third kappa shape index (κ3) is 4.07. The van der Waals surface area contributed by atoms with E-state index in [0.29, 0.717) is 30.0 Å². The number of amides is 1. The Morgan fingerprint density at radius 1 is 1.16 bits per heavy atom. The van der Waals surface area contributed by atoms with Gasteiger partial charge in [0.1, 0.15) is 11.8 Å². The second-order valence-electron chi connectivity index (χ2n) is 7.01. The van der Waals surface area contributed by atoms with Gasteiger partial charge in [0.05, 0.1) is 23.9 Å². The molecule has 0 bridgehead atoms. The second-order valence-corrected chi connectivity index (χ2v) is 7.01. The van der Waals surface area contributed by atoms with Gasteiger partial charge in [0, 0.05) is 66.0 Å². The first-order valence-electron chi connectivity index (χ1n) is 9.74. The van der Waals surface area contributed by atoms with Gasteiger partial charge in [0.25, 0.3) is 5.91 Å². The lowest BCUT2D eigenvalue weighted by Crippen LogP contribution is -2.26. The average Bonchev–Trinajstić information content (AvgIpc) is 3.29. The summed E-state index contributed by atoms with van der Waals surface area (Å²) in [6, 6.07) is 9.14. The van der Waals surface area contributed by atoms with Crippen LogP contribution in [0.5, 0.6) is 5.75 Å². The van der Waals surface area contributed by atoms with Crippen molar-refractivity contribution in [1.82, 2.24) is 25.1 Å². The summed E-state index contributed by atoms with van der Waals surface area (Å²) in [5.41, 5.74) is 4.24. The Bertz CT molecular complexity index is 1290. The Morgan fingerprint density at radius 2 is 2.00 bits per heavy atom. The van der Waals surface area contributed by atoms with E-state index < -0.39 is 0 Å². The van der Waals surface area contributed by atoms with Crippen LogP contribution in [0, 0.1) is 11.3 Å². The largest absolute Gasteiger partial charge is 0.493 e. The maximum atomic E-state index is 13.1. The minimum absolute atomic E-state index is 0.145. The number of rotatable bonds is 6. The summed E-state index contributed by atoms with van der Waals surface area (Å²) in [5, 5.41) is 17.0. The number of carbonyl (C=O) groups is 1. The van der Waals surface area contributed by atoms with Crippen LogP contribution < -0.4 is 4.74 Å². The molecule has 0 saturated carbocycles. The lowest BCUT2D eigenvalue weighted by molar-refractivity contribution is 0.0785. The van der Waals surface area contributed by atoms with E-state index in [1.807, 2.05) is 13.0 Å². The molecule has 1 N–H and O–H groups in total. The molecule has 8 nitrogen and oxygen atoms in total. The number of pyridine rings is 2. The highest BCUT2D eigenvalue weighted by Gasteiger charge is 2.17. The van der Waals surface area contributed by atoms with Gasteiger partial charge in [-0.25, -0.2) is 0 Å². The van der Waals surface area contributed by atoms with Crippen LogP contribution in [0.3, 0.4) is 0 Å². The topological polar surface area (TPSA) is 108 Å². The van der Waals surface area contributed by atoms with Gasteiger partial charge in [-0.1, -0.05) is 0 Å². The molecule has 0 fully saturated rings. The zero-order chi connectivity index (χ0) is 21.8. The van der Waals surface area contributed by atoms with E-state index in [1.54, 1.807) is 54.9 Å². The fraction of sp³-hybridized carbons (Fsp3) is 0.174. The molecule has 0 radical (unpaired) electrons. The number of aromatic nitrogens is 4. The van der Waals surface area contributed by atoms with Crippen molar-refractivity contribution in [3.05, 3.63) is 71.9 Å². The fourth-order valence-electron chi connectivity index (χ4n) is 3.41. The summed E-state index contributed by atoms with van der Waals surface area (Å²) in [5.74, 6) is 0.420. The van der Waals surface area contributed by atoms with Crippen LogP contribution in [0.2, 0.25) is 0 Å². The number of H-pyrrole nitrogens is 1. The van der Waals surface area contributed by atoms with Gasteiger partial charge in [-0.2, -0.15) is 10.4 Å². The maximum Gasteiger partial charge on any atom is 0.254 e. The van der Waals surface area contributed by atoms with Crippen molar-refractivity contribution >= 4 is 16.8 Å². The zero-order valence-electron chi connectivity index (χ0n) is 17.2. The standard InChI is InChI=1S/C23H20N6O2/c1-3-31-21-7-16(4-5-20(21)17-6-15(8-24)9-25-10-17)23(30)29(2)14-19-12-26-11-18-13-27-28-22(18)19/h4-7,9-13H,3,14H2,1-2H3,(H,27,28). The number of benzene rings is 1. The van der Waals surface area contributed by atoms with Gasteiger partial charge in [-0.05, 0) is 31.2 Å². The Kier molecular flexibility index (Phi) is 5.58. The highest BCUT2D eigenvalue weighted by atomic mass is 16.5. The van der Waals surface area contributed by atoms with E-state index in [4.69, 9.17) is 10.00 Å². The number of nitrogens with one attached hydrogen (secondary N) is 1. The molecule has 0 saturated heterocycles. The molecule has 3 heterocycles. The third-order valence-corrected chi connectivity index (χ3v) is 4.89. The van der Waals surface area contributed by atoms with Crippen LogP contribution in [0.25, 0.3) is 22.0 Å². The number of aromatic amines is 1. The van der Waals surface area contributed by atoms with E-state index in [0.717, 1.165) is 27.6 Å². The molecule has 1 amide bonds. The predicted octanol–water partition coefficient (Wildman–Crippen LogP) is 3.56. The molecule has 8 heteroatoms. The van der Waals surface area contributed by atoms with E-state index >= 15 is 0 Å². The van der Waals surface area contributed by atoms with E-state index in [2.05, 4.69) is 26.2 Å². The van der Waals surface area contributed by atoms with Crippen LogP contribution in [0.15, 0.2) is 55.2 Å². The monoisotopic (exact) mass is 412 g/mol. The van der Waals surface area contributed by atoms with Crippen molar-refractivity contribution in [1.29, 1.82) is 5.26 Å². The number of hydrogen-bond acceptors (Lipinski definition) is 6. The van der Waals surface area contributed by atoms with Crippen molar-refractivity contribution < 1.29 is 9.53 Å². The molecule has 154 valence electrons. The molecule has 0 aliphatic rings. The number of ether oxygens (including phenoxy) is 1. The first kappa shape index (κ1) is 20.0. The van der Waals surface area contributed by atoms with Gasteiger partial charge < -0.3 is 9.64 Å². The summed E-state index contributed by atoms with van der Waals surface area (Å²) >= 11 is 0. The minimum atomic E-state index is -0.145. The number of fused-ring (bicyclic) bond motifs is 1. The molecule has 0 unspecified atom stereocenters. The van der Waals surface area contributed by atoms with Gasteiger partial charge >= 0.3 is 0 Å². The highest BCUT2D eigenvalue weighted by molar-refractivity contribution is 5.95. The van der Waals surface area contributed by atoms with Gasteiger partial charge in [0.15, 0.2) is 0 Å². The van der Waals surface area contributed by atoms with Crippen molar-refractivity contribution in [2.24, 2.45) is 0 Å². The zero-order valence-corrected chi connectivity index (χ0v) is 17.2. The highest BCUT2D eigenvalue weighted by Crippen LogP contribution is 2.31. The lowest BCUT2D eigenvalue weighted by Gasteiger charge is -2.19. The lowest BCUT2D eigenvalue weighted by atomic mass is 10.0. The Hall–Kier alpha value is -4.25. The third-order valence-electron chi connectivity index (χ3n) is 4.89. The maximum absolute atomic E-state index is 13.1. The van der Waals surface area contributed by atoms with Crippen LogP contribution in [-0.4, -0.2) is 44.6 Å². The molecule has 0 spiro atoms. The number of nitrogens with zero attached hydrogens (tertiary/aromatic N) is 5. The van der Waals surface area contributed by atoms with E-state index in [9.17, 15) is 4.79 Å². The number of hydrogen-bond donors (Lipinski definition) is 1. The summed E-state index contributed by atoms with van der Waals surface area (Å²) in [6.07, 6.45) is 8.34. The quantitative estimate of drug-likeness (QED) is 0.519. The predicted molar refractivity (Wildman–Crippen MR) is 115 cm³/mol. The van der Waals surface area contributed by atoms with Crippen molar-refractivity contribution in [2.75, 3.05) is 13.7 Å². The normalized spacial score (nSPS) is 10.6. The molecule has 0 aliphatic carbocycles. The Labute approximate surface area is 179 Å². The van der Waals surface area contributed by atoms with Gasteiger partial charge in [-0.15, -0.1) is 0 Å². The molecule has 1 aromatic carbocycles. The van der Waals surface area contributed by atoms with Gasteiger partial charge in [-0.3, -0.25) is 19.9 Å². The van der Waals surface area contributed by atoms with Crippen LogP contribution >= 0.6 is 0 Å². The summed E-state index contributed by atoms with van der Waals surface area (Å²) in [6.45, 7) is 2.71. The molecular weight excluding hydrogens is 392 g/mol. The molecular formula is C23H20N6O2. The first-order chi connectivity index (χ1) is 15.1. The Morgan fingerprint density at radius 3 is 2.81 bits per heavy atom. The van der Waals surface area contributed by atoms with Crippen LogP contribution in [0.1, 0.15) is 28.4 Å². The van der Waals surface area contributed by atoms with Crippen LogP contribution in [0.4, 0.5) is 0 Å². The number of carbonyl (C=O) groups excluding carboxylic acids is 1. The second kappa shape index (κ2) is 8.63. The number of nitriles is 1. The fourth-order valence-corrected chi connectivity index (χ4v) is 3.41. The minimum Gasteiger partial charge on any atom is -0.493 e. The smallest absolute Gasteiger partial charge is 0.254 e. The van der Waals surface area contributed by atoms with E-state index in [-0.39, 0.29) is 5.91 Å². The average molecular weight is 412 g/mol. The Balaban J connectivity index is 1.62. The first-order valence-corrected chi connectivity index (χ1v) is 9.74. The van der Waals surface area contributed by atoms with Gasteiger partial charge in [0.2, 0.25) is 0 Å². The summed E-state index contributed by atoms with van der Waals surface area (Å²) in [4.78, 5) is 23.1. The molecule has 0 atom stereocenters. The molecule has 0 aliphatic heterocycles.